The maximum Gasteiger partial charge on any atom is 0.203 e. The van der Waals surface area contributed by atoms with Gasteiger partial charge in [-0.1, -0.05) is 5.21 Å². The van der Waals surface area contributed by atoms with Crippen molar-refractivity contribution in [3.05, 3.63) is 24.8 Å². The van der Waals surface area contributed by atoms with Crippen molar-refractivity contribution in [2.24, 2.45) is 0 Å². The van der Waals surface area contributed by atoms with Crippen molar-refractivity contribution in [2.75, 3.05) is 19.0 Å². The van der Waals surface area contributed by atoms with Crippen LogP contribution in [-0.4, -0.2) is 44.3 Å². The Kier molecular flexibility index (Phi) is 4.91. The van der Waals surface area contributed by atoms with Gasteiger partial charge in [-0.15, -0.1) is 5.10 Å². The Balaban J connectivity index is 1.81. The van der Waals surface area contributed by atoms with Crippen molar-refractivity contribution >= 4 is 5.95 Å². The zero-order valence-corrected chi connectivity index (χ0v) is 11.4. The van der Waals surface area contributed by atoms with E-state index >= 15 is 0 Å². The van der Waals surface area contributed by atoms with Crippen LogP contribution < -0.4 is 5.32 Å². The highest BCUT2D eigenvalue weighted by molar-refractivity contribution is 5.27. The topological polar surface area (TPSA) is 69.8 Å². The number of rotatable bonds is 8. The zero-order valence-electron chi connectivity index (χ0n) is 11.4. The van der Waals surface area contributed by atoms with E-state index in [-0.39, 0.29) is 6.04 Å². The number of imidazole rings is 1. The van der Waals surface area contributed by atoms with Gasteiger partial charge in [-0.3, -0.25) is 4.68 Å². The van der Waals surface area contributed by atoms with Gasteiger partial charge < -0.3 is 14.6 Å². The van der Waals surface area contributed by atoms with Crippen molar-refractivity contribution < 1.29 is 4.74 Å². The van der Waals surface area contributed by atoms with E-state index in [0.29, 0.717) is 6.61 Å². The number of anilines is 1. The summed E-state index contributed by atoms with van der Waals surface area (Å²) in [6.07, 6.45) is 8.32. The van der Waals surface area contributed by atoms with Crippen LogP contribution in [0, 0.1) is 0 Å². The molecular formula is C12H20N6O. The number of methoxy groups -OCH3 is 1. The van der Waals surface area contributed by atoms with Crippen LogP contribution in [0.5, 0.6) is 0 Å². The molecule has 19 heavy (non-hydrogen) atoms. The fraction of sp³-hybridized carbons (Fsp3) is 0.583. The van der Waals surface area contributed by atoms with Crippen LogP contribution in [0.3, 0.4) is 0 Å². The third-order valence-electron chi connectivity index (χ3n) is 2.77. The average Bonchev–Trinajstić information content (AvgIpc) is 3.02. The molecule has 0 bridgehead atoms. The Morgan fingerprint density at radius 1 is 1.32 bits per heavy atom. The Morgan fingerprint density at radius 2 is 2.21 bits per heavy atom. The van der Waals surface area contributed by atoms with Gasteiger partial charge in [-0.25, -0.2) is 4.98 Å². The summed E-state index contributed by atoms with van der Waals surface area (Å²) in [6.45, 7) is 4.47. The second-order valence-corrected chi connectivity index (χ2v) is 4.46. The lowest BCUT2D eigenvalue weighted by Gasteiger charge is -2.15. The molecule has 1 atom stereocenters. The second kappa shape index (κ2) is 6.89. The largest absolute Gasteiger partial charge is 0.383 e. The zero-order chi connectivity index (χ0) is 13.5. The Bertz CT molecular complexity index is 466. The smallest absolute Gasteiger partial charge is 0.203 e. The molecule has 1 unspecified atom stereocenters. The normalized spacial score (nSPS) is 12.5. The van der Waals surface area contributed by atoms with Crippen LogP contribution in [0.1, 0.15) is 13.3 Å². The number of hydrogen-bond donors (Lipinski definition) is 1. The molecular weight excluding hydrogens is 244 g/mol. The highest BCUT2D eigenvalue weighted by Gasteiger charge is 2.06. The lowest BCUT2D eigenvalue weighted by Crippen LogP contribution is -2.23. The van der Waals surface area contributed by atoms with Crippen molar-refractivity contribution in [3.63, 3.8) is 0 Å². The van der Waals surface area contributed by atoms with E-state index in [9.17, 15) is 0 Å². The van der Waals surface area contributed by atoms with E-state index in [0.717, 1.165) is 25.5 Å². The summed E-state index contributed by atoms with van der Waals surface area (Å²) in [6, 6.07) is 0.237. The molecule has 104 valence electrons. The molecule has 0 amide bonds. The summed E-state index contributed by atoms with van der Waals surface area (Å²) in [5, 5.41) is 11.0. The van der Waals surface area contributed by atoms with Crippen molar-refractivity contribution in [1.29, 1.82) is 0 Å². The summed E-state index contributed by atoms with van der Waals surface area (Å²) in [5.74, 6) is 0.878. The van der Waals surface area contributed by atoms with Crippen molar-refractivity contribution in [1.82, 2.24) is 24.5 Å². The minimum absolute atomic E-state index is 0.237. The van der Waals surface area contributed by atoms with Crippen LogP contribution in [0.2, 0.25) is 0 Å². The predicted molar refractivity (Wildman–Crippen MR) is 71.8 cm³/mol. The van der Waals surface area contributed by atoms with E-state index in [1.807, 2.05) is 17.1 Å². The van der Waals surface area contributed by atoms with Crippen molar-refractivity contribution in [2.45, 2.75) is 32.5 Å². The van der Waals surface area contributed by atoms with E-state index in [2.05, 4.69) is 32.1 Å². The molecule has 0 saturated heterocycles. The summed E-state index contributed by atoms with van der Waals surface area (Å²) in [7, 11) is 1.70. The molecule has 0 saturated carbocycles. The number of nitrogens with zero attached hydrogens (tertiary/aromatic N) is 5. The van der Waals surface area contributed by atoms with Crippen molar-refractivity contribution in [3.8, 4) is 0 Å². The minimum atomic E-state index is 0.237. The Morgan fingerprint density at radius 3 is 2.95 bits per heavy atom. The summed E-state index contributed by atoms with van der Waals surface area (Å²) in [5.41, 5.74) is 0. The summed E-state index contributed by atoms with van der Waals surface area (Å²) >= 11 is 0. The first-order valence-corrected chi connectivity index (χ1v) is 6.40. The fourth-order valence-electron chi connectivity index (χ4n) is 1.90. The van der Waals surface area contributed by atoms with E-state index in [4.69, 9.17) is 4.74 Å². The predicted octanol–water partition coefficient (Wildman–Crippen LogP) is 1.01. The molecule has 2 heterocycles. The molecule has 7 heteroatoms. The number of ether oxygens (including phenoxy) is 1. The summed E-state index contributed by atoms with van der Waals surface area (Å²) in [4.78, 5) is 4.32. The van der Waals surface area contributed by atoms with Gasteiger partial charge in [-0.2, -0.15) is 0 Å². The first kappa shape index (κ1) is 13.5. The third-order valence-corrected chi connectivity index (χ3v) is 2.77. The number of aromatic nitrogens is 5. The lowest BCUT2D eigenvalue weighted by molar-refractivity contribution is 0.190. The Hall–Kier alpha value is -1.89. The molecule has 7 nitrogen and oxygen atoms in total. The van der Waals surface area contributed by atoms with Crippen LogP contribution >= 0.6 is 0 Å². The van der Waals surface area contributed by atoms with Gasteiger partial charge in [-0.05, 0) is 13.3 Å². The first-order chi connectivity index (χ1) is 9.29. The highest BCUT2D eigenvalue weighted by Crippen LogP contribution is 2.07. The molecule has 2 aromatic rings. The van der Waals surface area contributed by atoms with Gasteiger partial charge in [0.25, 0.3) is 0 Å². The van der Waals surface area contributed by atoms with Gasteiger partial charge >= 0.3 is 0 Å². The monoisotopic (exact) mass is 264 g/mol. The minimum Gasteiger partial charge on any atom is -0.383 e. The van der Waals surface area contributed by atoms with Crippen LogP contribution in [0.25, 0.3) is 0 Å². The SMILES string of the molecule is COCC(C)Nc1nccn1CCCn1ccnn1. The lowest BCUT2D eigenvalue weighted by atomic mass is 10.4. The Labute approximate surface area is 112 Å². The molecule has 0 radical (unpaired) electrons. The quantitative estimate of drug-likeness (QED) is 0.770. The molecule has 0 spiro atoms. The highest BCUT2D eigenvalue weighted by atomic mass is 16.5. The number of hydrogen-bond acceptors (Lipinski definition) is 5. The van der Waals surface area contributed by atoms with Crippen LogP contribution in [0.4, 0.5) is 5.95 Å². The molecule has 1 N–H and O–H groups in total. The maximum absolute atomic E-state index is 5.10. The van der Waals surface area contributed by atoms with E-state index in [1.165, 1.54) is 0 Å². The third kappa shape index (κ3) is 4.06. The first-order valence-electron chi connectivity index (χ1n) is 6.40. The molecule has 0 aromatic carbocycles. The summed E-state index contributed by atoms with van der Waals surface area (Å²) < 4.78 is 9.04. The van der Waals surface area contributed by atoms with Gasteiger partial charge in [0.1, 0.15) is 0 Å². The molecule has 2 rings (SSSR count). The van der Waals surface area contributed by atoms with E-state index in [1.54, 1.807) is 19.5 Å². The standard InChI is InChI=1S/C12H20N6O/c1-11(10-19-2)15-12-13-4-8-17(12)6-3-7-18-9-5-14-16-18/h4-5,8-9,11H,3,6-7,10H2,1-2H3,(H,13,15). The maximum atomic E-state index is 5.10. The molecule has 2 aromatic heterocycles. The molecule has 0 aliphatic rings. The van der Waals surface area contributed by atoms with Gasteiger partial charge in [0.15, 0.2) is 0 Å². The molecule has 0 aliphatic carbocycles. The van der Waals surface area contributed by atoms with Crippen LogP contribution in [-0.2, 0) is 17.8 Å². The van der Waals surface area contributed by atoms with Gasteiger partial charge in [0.05, 0.1) is 12.8 Å². The average molecular weight is 264 g/mol. The van der Waals surface area contributed by atoms with E-state index < -0.39 is 0 Å². The second-order valence-electron chi connectivity index (χ2n) is 4.46. The van der Waals surface area contributed by atoms with Gasteiger partial charge in [0, 0.05) is 44.8 Å². The number of nitrogens with one attached hydrogen (secondary N) is 1. The van der Waals surface area contributed by atoms with Crippen LogP contribution in [0.15, 0.2) is 24.8 Å². The van der Waals surface area contributed by atoms with Gasteiger partial charge in [0.2, 0.25) is 5.95 Å². The fourth-order valence-corrected chi connectivity index (χ4v) is 1.90. The molecule has 0 fully saturated rings. The molecule has 0 aliphatic heterocycles. The number of aryl methyl sites for hydroxylation is 2.